The summed E-state index contributed by atoms with van der Waals surface area (Å²) in [5.41, 5.74) is 0.752. The molecule has 2 rings (SSSR count). The summed E-state index contributed by atoms with van der Waals surface area (Å²) in [5, 5.41) is 14.2. The summed E-state index contributed by atoms with van der Waals surface area (Å²) in [4.78, 5) is 0. The van der Waals surface area contributed by atoms with Crippen molar-refractivity contribution in [1.82, 2.24) is 5.32 Å². The number of rotatable bonds is 2. The zero-order chi connectivity index (χ0) is 11.6. The van der Waals surface area contributed by atoms with Crippen molar-refractivity contribution in [3.63, 3.8) is 0 Å². The van der Waals surface area contributed by atoms with Crippen LogP contribution in [0.3, 0.4) is 0 Å². The third-order valence-electron chi connectivity index (χ3n) is 3.18. The molecule has 1 aliphatic heterocycles. The van der Waals surface area contributed by atoms with Crippen LogP contribution >= 0.6 is 24.0 Å². The highest BCUT2D eigenvalue weighted by Crippen LogP contribution is 2.23. The molecular formula is C13H19Cl2NO. The first-order valence-corrected chi connectivity index (χ1v) is 6.13. The molecular weight excluding hydrogens is 257 g/mol. The lowest BCUT2D eigenvalue weighted by molar-refractivity contribution is 0.0136. The fraction of sp³-hybridized carbons (Fsp3) is 0.538. The second kappa shape index (κ2) is 6.05. The molecule has 17 heavy (non-hydrogen) atoms. The van der Waals surface area contributed by atoms with Crippen molar-refractivity contribution >= 4 is 24.0 Å². The fourth-order valence-corrected chi connectivity index (χ4v) is 2.43. The zero-order valence-electron chi connectivity index (χ0n) is 9.95. The van der Waals surface area contributed by atoms with Crippen molar-refractivity contribution in [3.05, 3.63) is 34.9 Å². The minimum atomic E-state index is -0.512. The molecule has 0 aromatic heterocycles. The van der Waals surface area contributed by atoms with Gasteiger partial charge in [0.1, 0.15) is 0 Å². The smallest absolute Gasteiger partial charge is 0.0646 e. The molecule has 4 heteroatoms. The van der Waals surface area contributed by atoms with Crippen molar-refractivity contribution in [2.24, 2.45) is 0 Å². The molecule has 0 saturated carbocycles. The van der Waals surface area contributed by atoms with Crippen molar-refractivity contribution in [2.75, 3.05) is 6.54 Å². The molecule has 2 atom stereocenters. The van der Waals surface area contributed by atoms with E-state index in [1.807, 2.05) is 31.2 Å². The molecule has 1 aromatic carbocycles. The molecule has 0 amide bonds. The average molecular weight is 276 g/mol. The maximum atomic E-state index is 10.0. The Morgan fingerprint density at radius 3 is 2.65 bits per heavy atom. The van der Waals surface area contributed by atoms with Gasteiger partial charge in [-0.05, 0) is 50.4 Å². The monoisotopic (exact) mass is 275 g/mol. The fourth-order valence-electron chi connectivity index (χ4n) is 2.30. The van der Waals surface area contributed by atoms with Crippen LogP contribution in [-0.2, 0) is 6.42 Å². The van der Waals surface area contributed by atoms with E-state index >= 15 is 0 Å². The van der Waals surface area contributed by atoms with E-state index in [0.717, 1.165) is 30.8 Å². The quantitative estimate of drug-likeness (QED) is 0.870. The number of hydrogen-bond donors (Lipinski definition) is 2. The first-order valence-electron chi connectivity index (χ1n) is 5.75. The minimum absolute atomic E-state index is 0. The van der Waals surface area contributed by atoms with Crippen molar-refractivity contribution < 1.29 is 5.11 Å². The van der Waals surface area contributed by atoms with Gasteiger partial charge in [0.25, 0.3) is 0 Å². The van der Waals surface area contributed by atoms with Crippen LogP contribution in [0.25, 0.3) is 0 Å². The summed E-state index contributed by atoms with van der Waals surface area (Å²) in [6.45, 7) is 2.81. The zero-order valence-corrected chi connectivity index (χ0v) is 11.5. The second-order valence-electron chi connectivity index (χ2n) is 4.93. The Morgan fingerprint density at radius 2 is 2.06 bits per heavy atom. The van der Waals surface area contributed by atoms with E-state index in [0.29, 0.717) is 6.04 Å². The van der Waals surface area contributed by atoms with Gasteiger partial charge < -0.3 is 10.4 Å². The number of piperidine rings is 1. The SMILES string of the molecule is CC1(O)CCN[C@@H](Cc2ccc(Cl)cc2)C1.Cl. The molecule has 0 radical (unpaired) electrons. The predicted octanol–water partition coefficient (Wildman–Crippen LogP) is 2.81. The van der Waals surface area contributed by atoms with Crippen molar-refractivity contribution in [3.8, 4) is 0 Å². The molecule has 1 heterocycles. The molecule has 2 nitrogen and oxygen atoms in total. The highest BCUT2D eigenvalue weighted by atomic mass is 35.5. The van der Waals surface area contributed by atoms with Crippen LogP contribution in [0, 0.1) is 0 Å². The number of aliphatic hydroxyl groups is 1. The molecule has 2 N–H and O–H groups in total. The summed E-state index contributed by atoms with van der Waals surface area (Å²) in [7, 11) is 0. The summed E-state index contributed by atoms with van der Waals surface area (Å²) in [6, 6.07) is 8.29. The summed E-state index contributed by atoms with van der Waals surface area (Å²) >= 11 is 5.84. The normalized spacial score (nSPS) is 28.5. The topological polar surface area (TPSA) is 32.3 Å². The van der Waals surface area contributed by atoms with E-state index in [4.69, 9.17) is 11.6 Å². The van der Waals surface area contributed by atoms with Gasteiger partial charge in [-0.2, -0.15) is 0 Å². The Bertz CT molecular complexity index is 351. The van der Waals surface area contributed by atoms with E-state index < -0.39 is 5.60 Å². The Labute approximate surface area is 114 Å². The first-order chi connectivity index (χ1) is 7.55. The van der Waals surface area contributed by atoms with E-state index in [2.05, 4.69) is 5.32 Å². The molecule has 1 aromatic rings. The summed E-state index contributed by atoms with van der Waals surface area (Å²) in [5.74, 6) is 0. The molecule has 1 saturated heterocycles. The Morgan fingerprint density at radius 1 is 1.41 bits per heavy atom. The van der Waals surface area contributed by atoms with Gasteiger partial charge in [0, 0.05) is 11.1 Å². The van der Waals surface area contributed by atoms with Crippen LogP contribution in [0.15, 0.2) is 24.3 Å². The third kappa shape index (κ3) is 4.47. The lowest BCUT2D eigenvalue weighted by Gasteiger charge is -2.35. The van der Waals surface area contributed by atoms with Gasteiger partial charge in [0.05, 0.1) is 5.60 Å². The van der Waals surface area contributed by atoms with Gasteiger partial charge in [-0.25, -0.2) is 0 Å². The van der Waals surface area contributed by atoms with Crippen LogP contribution in [0.5, 0.6) is 0 Å². The molecule has 1 aliphatic rings. The highest BCUT2D eigenvalue weighted by Gasteiger charge is 2.29. The predicted molar refractivity (Wildman–Crippen MR) is 74.1 cm³/mol. The van der Waals surface area contributed by atoms with E-state index in [-0.39, 0.29) is 12.4 Å². The average Bonchev–Trinajstić information content (AvgIpc) is 2.20. The van der Waals surface area contributed by atoms with Gasteiger partial charge >= 0.3 is 0 Å². The van der Waals surface area contributed by atoms with Crippen molar-refractivity contribution in [2.45, 2.75) is 37.8 Å². The maximum absolute atomic E-state index is 10.0. The largest absolute Gasteiger partial charge is 0.390 e. The van der Waals surface area contributed by atoms with E-state index in [1.165, 1.54) is 5.56 Å². The van der Waals surface area contributed by atoms with Crippen molar-refractivity contribution in [1.29, 1.82) is 0 Å². The standard InChI is InChI=1S/C13H18ClNO.ClH/c1-13(16)6-7-15-12(9-13)8-10-2-4-11(14)5-3-10;/h2-5,12,15-16H,6-9H2,1H3;1H/t12-,13?;/m0./s1. The molecule has 1 unspecified atom stereocenters. The molecule has 0 bridgehead atoms. The lowest BCUT2D eigenvalue weighted by atomic mass is 9.87. The van der Waals surface area contributed by atoms with E-state index in [9.17, 15) is 5.11 Å². The van der Waals surface area contributed by atoms with Crippen LogP contribution in [0.4, 0.5) is 0 Å². The lowest BCUT2D eigenvalue weighted by Crippen LogP contribution is -2.47. The van der Waals surface area contributed by atoms with Gasteiger partial charge in [0.2, 0.25) is 0 Å². The van der Waals surface area contributed by atoms with Gasteiger partial charge in [-0.15, -0.1) is 12.4 Å². The third-order valence-corrected chi connectivity index (χ3v) is 3.43. The summed E-state index contributed by atoms with van der Waals surface area (Å²) in [6.07, 6.45) is 2.60. The van der Waals surface area contributed by atoms with Gasteiger partial charge in [-0.3, -0.25) is 0 Å². The van der Waals surface area contributed by atoms with Gasteiger partial charge in [-0.1, -0.05) is 23.7 Å². The van der Waals surface area contributed by atoms with Crippen LogP contribution in [-0.4, -0.2) is 23.3 Å². The Hall–Kier alpha value is -0.280. The number of halogens is 2. The van der Waals surface area contributed by atoms with Gasteiger partial charge in [0.15, 0.2) is 0 Å². The number of benzene rings is 1. The molecule has 0 spiro atoms. The minimum Gasteiger partial charge on any atom is -0.390 e. The van der Waals surface area contributed by atoms with E-state index in [1.54, 1.807) is 0 Å². The maximum Gasteiger partial charge on any atom is 0.0646 e. The highest BCUT2D eigenvalue weighted by molar-refractivity contribution is 6.30. The molecule has 0 aliphatic carbocycles. The summed E-state index contributed by atoms with van der Waals surface area (Å²) < 4.78 is 0. The second-order valence-corrected chi connectivity index (χ2v) is 5.37. The van der Waals surface area contributed by atoms with Crippen LogP contribution in [0.1, 0.15) is 25.3 Å². The van der Waals surface area contributed by atoms with Crippen LogP contribution in [0.2, 0.25) is 5.02 Å². The molecule has 96 valence electrons. The Kier molecular flexibility index (Phi) is 5.26. The number of hydrogen-bond acceptors (Lipinski definition) is 2. The first kappa shape index (κ1) is 14.8. The van der Waals surface area contributed by atoms with Crippen LogP contribution < -0.4 is 5.32 Å². The Balaban J connectivity index is 0.00000144. The number of nitrogens with one attached hydrogen (secondary N) is 1. The molecule has 1 fully saturated rings.